The van der Waals surface area contributed by atoms with E-state index in [-0.39, 0.29) is 17.1 Å². The van der Waals surface area contributed by atoms with Crippen molar-refractivity contribution in [2.75, 3.05) is 51.1 Å². The van der Waals surface area contributed by atoms with Gasteiger partial charge in [-0.05, 0) is 63.2 Å². The fourth-order valence-electron chi connectivity index (χ4n) is 4.92. The first kappa shape index (κ1) is 25.0. The second kappa shape index (κ2) is 10.4. The highest BCUT2D eigenvalue weighted by Gasteiger charge is 2.25. The summed E-state index contributed by atoms with van der Waals surface area (Å²) in [6.45, 7) is 4.97. The van der Waals surface area contributed by atoms with Crippen LogP contribution in [0, 0.1) is 18.7 Å². The van der Waals surface area contributed by atoms with Crippen LogP contribution in [0.1, 0.15) is 21.9 Å². The van der Waals surface area contributed by atoms with Crippen LogP contribution in [0.5, 0.6) is 5.75 Å². The number of rotatable bonds is 7. The minimum Gasteiger partial charge on any atom is -0.496 e. The summed E-state index contributed by atoms with van der Waals surface area (Å²) in [6, 6.07) is 9.88. The summed E-state index contributed by atoms with van der Waals surface area (Å²) in [6.07, 6.45) is 2.58. The molecule has 192 valence electrons. The molecule has 0 spiro atoms. The van der Waals surface area contributed by atoms with Crippen LogP contribution in [0.2, 0.25) is 0 Å². The Morgan fingerprint density at radius 3 is 2.86 bits per heavy atom. The Hall–Kier alpha value is -3.63. The minimum absolute atomic E-state index is 0.0795. The molecule has 4 aromatic rings. The zero-order chi connectivity index (χ0) is 26.1. The number of fused-ring (bicyclic) bond motifs is 1. The molecule has 1 N–H and O–H groups in total. The normalized spacial score (nSPS) is 15.8. The van der Waals surface area contributed by atoms with Crippen molar-refractivity contribution in [3.05, 3.63) is 59.1 Å². The molecule has 0 bridgehead atoms. The Morgan fingerprint density at radius 2 is 2.11 bits per heavy atom. The van der Waals surface area contributed by atoms with Crippen LogP contribution in [0.4, 0.5) is 15.8 Å². The maximum absolute atomic E-state index is 14.6. The summed E-state index contributed by atoms with van der Waals surface area (Å²) in [5, 5.41) is 3.99. The molecule has 1 aliphatic heterocycles. The van der Waals surface area contributed by atoms with Crippen LogP contribution >= 0.6 is 11.3 Å². The van der Waals surface area contributed by atoms with E-state index in [9.17, 15) is 9.18 Å². The van der Waals surface area contributed by atoms with E-state index in [1.54, 1.807) is 23.5 Å². The number of hydrogen-bond donors (Lipinski definition) is 1. The Balaban J connectivity index is 1.47. The topological polar surface area (TPSA) is 83.5 Å². The highest BCUT2D eigenvalue weighted by Crippen LogP contribution is 2.37. The van der Waals surface area contributed by atoms with E-state index in [1.165, 1.54) is 25.4 Å². The van der Waals surface area contributed by atoms with Crippen molar-refractivity contribution < 1.29 is 13.9 Å². The van der Waals surface area contributed by atoms with E-state index >= 15 is 0 Å². The number of likely N-dealkylation sites (tertiary alicyclic amines) is 1. The van der Waals surface area contributed by atoms with Crippen LogP contribution in [0.3, 0.4) is 0 Å². The molecule has 1 atom stereocenters. The first-order valence-corrected chi connectivity index (χ1v) is 12.9. The van der Waals surface area contributed by atoms with Crippen LogP contribution < -0.4 is 15.0 Å². The number of nitrogens with one attached hydrogen (secondary N) is 1. The molecule has 10 heteroatoms. The number of thiazole rings is 1. The number of amides is 1. The summed E-state index contributed by atoms with van der Waals surface area (Å²) in [4.78, 5) is 31.2. The molecule has 37 heavy (non-hydrogen) atoms. The molecule has 2 aromatic heterocycles. The van der Waals surface area contributed by atoms with Crippen molar-refractivity contribution >= 4 is 38.8 Å². The van der Waals surface area contributed by atoms with Crippen LogP contribution in [-0.2, 0) is 0 Å². The van der Waals surface area contributed by atoms with E-state index in [0.717, 1.165) is 47.0 Å². The SMILES string of the molecule is COc1cccc(F)c1-c1nccc(C(=O)Nc2ccc3sc(C)nc3c2N(C)CC2CCN(C)C2)n1. The zero-order valence-electron chi connectivity index (χ0n) is 21.3. The molecule has 8 nitrogen and oxygen atoms in total. The lowest BCUT2D eigenvalue weighted by molar-refractivity contribution is 0.102. The molecule has 1 aliphatic rings. The van der Waals surface area contributed by atoms with Gasteiger partial charge in [-0.2, -0.15) is 0 Å². The molecule has 3 heterocycles. The number of nitrogens with zero attached hydrogens (tertiary/aromatic N) is 5. The zero-order valence-corrected chi connectivity index (χ0v) is 22.1. The summed E-state index contributed by atoms with van der Waals surface area (Å²) in [5.74, 6) is -0.0313. The smallest absolute Gasteiger partial charge is 0.274 e. The summed E-state index contributed by atoms with van der Waals surface area (Å²) in [7, 11) is 5.64. The number of benzene rings is 2. The number of aromatic nitrogens is 3. The lowest BCUT2D eigenvalue weighted by atomic mass is 10.1. The Morgan fingerprint density at radius 1 is 1.27 bits per heavy atom. The average molecular weight is 521 g/mol. The molecule has 0 aliphatic carbocycles. The number of aryl methyl sites for hydroxylation is 1. The van der Waals surface area contributed by atoms with Crippen molar-refractivity contribution in [1.29, 1.82) is 0 Å². The molecule has 1 fully saturated rings. The monoisotopic (exact) mass is 520 g/mol. The molecule has 0 radical (unpaired) electrons. The number of carbonyl (C=O) groups excluding carboxylic acids is 1. The number of ether oxygens (including phenoxy) is 1. The number of hydrogen-bond acceptors (Lipinski definition) is 8. The predicted octanol–water partition coefficient (Wildman–Crippen LogP) is 4.85. The molecular weight excluding hydrogens is 491 g/mol. The summed E-state index contributed by atoms with van der Waals surface area (Å²) < 4.78 is 21.0. The summed E-state index contributed by atoms with van der Waals surface area (Å²) in [5.41, 5.74) is 2.64. The average Bonchev–Trinajstić information content (AvgIpc) is 3.47. The number of carbonyl (C=O) groups is 1. The van der Waals surface area contributed by atoms with Gasteiger partial charge in [0.2, 0.25) is 0 Å². The van der Waals surface area contributed by atoms with Crippen molar-refractivity contribution in [2.24, 2.45) is 5.92 Å². The molecule has 0 saturated carbocycles. The minimum atomic E-state index is -0.525. The van der Waals surface area contributed by atoms with Gasteiger partial charge < -0.3 is 19.9 Å². The number of halogens is 1. The summed E-state index contributed by atoms with van der Waals surface area (Å²) >= 11 is 1.63. The van der Waals surface area contributed by atoms with Gasteiger partial charge in [0.25, 0.3) is 5.91 Å². The molecule has 2 aromatic carbocycles. The van der Waals surface area contributed by atoms with E-state index in [2.05, 4.69) is 32.1 Å². The van der Waals surface area contributed by atoms with Gasteiger partial charge in [-0.25, -0.2) is 19.3 Å². The fourth-order valence-corrected chi connectivity index (χ4v) is 5.75. The lowest BCUT2D eigenvalue weighted by Crippen LogP contribution is -2.28. The van der Waals surface area contributed by atoms with Gasteiger partial charge in [-0.15, -0.1) is 11.3 Å². The van der Waals surface area contributed by atoms with Crippen LogP contribution in [-0.4, -0.2) is 66.6 Å². The van der Waals surface area contributed by atoms with Gasteiger partial charge in [-0.3, -0.25) is 4.79 Å². The largest absolute Gasteiger partial charge is 0.496 e. The fraction of sp³-hybridized carbons (Fsp3) is 0.333. The third-order valence-electron chi connectivity index (χ3n) is 6.60. The second-order valence-corrected chi connectivity index (χ2v) is 10.6. The van der Waals surface area contributed by atoms with Gasteiger partial charge in [0.05, 0.1) is 33.8 Å². The van der Waals surface area contributed by atoms with E-state index in [4.69, 9.17) is 9.72 Å². The standard InChI is InChI=1S/C27H29FN6O2S/c1-16-30-24-22(37-16)9-8-19(25(24)34(3)15-17-11-13-33(2)14-17)32-27(35)20-10-12-29-26(31-20)23-18(28)6-5-7-21(23)36-4/h5-10,12,17H,11,13-15H2,1-4H3,(H,32,35). The Bertz CT molecular complexity index is 1460. The maximum atomic E-state index is 14.6. The molecule has 1 unspecified atom stereocenters. The van der Waals surface area contributed by atoms with E-state index < -0.39 is 11.7 Å². The second-order valence-electron chi connectivity index (χ2n) is 9.38. The Kier molecular flexibility index (Phi) is 7.03. The van der Waals surface area contributed by atoms with Gasteiger partial charge in [0.15, 0.2) is 5.82 Å². The first-order chi connectivity index (χ1) is 17.8. The highest BCUT2D eigenvalue weighted by atomic mass is 32.1. The molecular formula is C27H29FN6O2S. The Labute approximate surface area is 219 Å². The molecule has 5 rings (SSSR count). The number of methoxy groups -OCH3 is 1. The van der Waals surface area contributed by atoms with Gasteiger partial charge >= 0.3 is 0 Å². The van der Waals surface area contributed by atoms with Gasteiger partial charge in [0.1, 0.15) is 22.8 Å². The van der Waals surface area contributed by atoms with Gasteiger partial charge in [-0.1, -0.05) is 6.07 Å². The van der Waals surface area contributed by atoms with Crippen molar-refractivity contribution in [3.63, 3.8) is 0 Å². The van der Waals surface area contributed by atoms with Gasteiger partial charge in [0, 0.05) is 26.3 Å². The van der Waals surface area contributed by atoms with Crippen molar-refractivity contribution in [2.45, 2.75) is 13.3 Å². The third-order valence-corrected chi connectivity index (χ3v) is 7.54. The quantitative estimate of drug-likeness (QED) is 0.373. The third kappa shape index (κ3) is 5.12. The molecule has 1 amide bonds. The van der Waals surface area contributed by atoms with E-state index in [0.29, 0.717) is 17.4 Å². The first-order valence-electron chi connectivity index (χ1n) is 12.1. The van der Waals surface area contributed by atoms with Crippen LogP contribution in [0.25, 0.3) is 21.6 Å². The van der Waals surface area contributed by atoms with Crippen molar-refractivity contribution in [3.8, 4) is 17.1 Å². The predicted molar refractivity (Wildman–Crippen MR) is 145 cm³/mol. The molecule has 1 saturated heterocycles. The highest BCUT2D eigenvalue weighted by molar-refractivity contribution is 7.18. The number of anilines is 2. The lowest BCUT2D eigenvalue weighted by Gasteiger charge is -2.26. The van der Waals surface area contributed by atoms with E-state index in [1.807, 2.05) is 26.1 Å². The van der Waals surface area contributed by atoms with Crippen molar-refractivity contribution in [1.82, 2.24) is 19.9 Å². The maximum Gasteiger partial charge on any atom is 0.274 e. The van der Waals surface area contributed by atoms with Crippen LogP contribution in [0.15, 0.2) is 42.6 Å².